The summed E-state index contributed by atoms with van der Waals surface area (Å²) in [5.74, 6) is -0.331. The first-order chi connectivity index (χ1) is 10.5. The number of hydrogen-bond donors (Lipinski definition) is 0. The van der Waals surface area contributed by atoms with E-state index >= 15 is 0 Å². The van der Waals surface area contributed by atoms with Gasteiger partial charge in [-0.1, -0.05) is 23.2 Å². The van der Waals surface area contributed by atoms with E-state index in [0.29, 0.717) is 17.3 Å². The van der Waals surface area contributed by atoms with Crippen molar-refractivity contribution in [2.75, 3.05) is 18.1 Å². The van der Waals surface area contributed by atoms with Gasteiger partial charge >= 0.3 is 0 Å². The maximum atomic E-state index is 13.1. The molecule has 0 N–H and O–H groups in total. The van der Waals surface area contributed by atoms with Crippen molar-refractivity contribution in [1.29, 1.82) is 0 Å². The predicted molar refractivity (Wildman–Crippen MR) is 84.4 cm³/mol. The highest BCUT2D eigenvalue weighted by Gasteiger charge is 2.25. The fraction of sp³-hybridized carbons (Fsp3) is 0.188. The number of ether oxygens (including phenoxy) is 1. The molecule has 22 heavy (non-hydrogen) atoms. The highest BCUT2D eigenvalue weighted by molar-refractivity contribution is 6.31. The van der Waals surface area contributed by atoms with E-state index in [1.807, 2.05) is 12.1 Å². The molecule has 0 fully saturated rings. The summed E-state index contributed by atoms with van der Waals surface area (Å²) in [4.78, 5) is 13.9. The summed E-state index contributed by atoms with van der Waals surface area (Å²) in [5.41, 5.74) is 1.90. The van der Waals surface area contributed by atoms with Crippen LogP contribution >= 0.6 is 23.2 Å². The molecule has 1 amide bonds. The molecule has 1 heterocycles. The lowest BCUT2D eigenvalue weighted by Crippen LogP contribution is -2.33. The Morgan fingerprint density at radius 3 is 2.82 bits per heavy atom. The van der Waals surface area contributed by atoms with Gasteiger partial charge in [-0.15, -0.1) is 0 Å². The molecule has 6 heteroatoms. The number of rotatable bonds is 3. The first-order valence-electron chi connectivity index (χ1n) is 6.71. The average molecular weight is 340 g/mol. The molecule has 0 atom stereocenters. The van der Waals surface area contributed by atoms with Gasteiger partial charge in [0, 0.05) is 23.3 Å². The van der Waals surface area contributed by atoms with E-state index in [1.54, 1.807) is 11.0 Å². The van der Waals surface area contributed by atoms with Crippen molar-refractivity contribution in [2.45, 2.75) is 6.42 Å². The summed E-state index contributed by atoms with van der Waals surface area (Å²) >= 11 is 11.6. The van der Waals surface area contributed by atoms with Crippen molar-refractivity contribution in [3.63, 3.8) is 0 Å². The fourth-order valence-electron chi connectivity index (χ4n) is 2.42. The van der Waals surface area contributed by atoms with E-state index < -0.39 is 5.82 Å². The van der Waals surface area contributed by atoms with Gasteiger partial charge in [0.25, 0.3) is 5.91 Å². The first-order valence-corrected chi connectivity index (χ1v) is 7.47. The quantitative estimate of drug-likeness (QED) is 0.842. The molecular weight excluding hydrogens is 328 g/mol. The molecule has 0 aliphatic carbocycles. The summed E-state index contributed by atoms with van der Waals surface area (Å²) in [5, 5.41) is 0.622. The zero-order chi connectivity index (χ0) is 15.7. The second-order valence-electron chi connectivity index (χ2n) is 4.93. The van der Waals surface area contributed by atoms with Crippen LogP contribution in [0.5, 0.6) is 5.75 Å². The molecule has 0 aromatic heterocycles. The summed E-state index contributed by atoms with van der Waals surface area (Å²) in [7, 11) is 0. The fourth-order valence-corrected chi connectivity index (χ4v) is 2.78. The highest BCUT2D eigenvalue weighted by Crippen LogP contribution is 2.30. The Hall–Kier alpha value is -1.78. The lowest BCUT2D eigenvalue weighted by atomic mass is 10.2. The smallest absolute Gasteiger partial charge is 0.264 e. The van der Waals surface area contributed by atoms with Crippen molar-refractivity contribution >= 4 is 34.8 Å². The van der Waals surface area contributed by atoms with Crippen LogP contribution in [0.25, 0.3) is 0 Å². The largest absolute Gasteiger partial charge is 0.484 e. The highest BCUT2D eigenvalue weighted by atomic mass is 35.5. The van der Waals surface area contributed by atoms with Crippen molar-refractivity contribution in [3.8, 4) is 5.75 Å². The number of anilines is 1. The van der Waals surface area contributed by atoms with E-state index in [4.69, 9.17) is 27.9 Å². The third-order valence-electron chi connectivity index (χ3n) is 3.49. The molecule has 0 spiro atoms. The van der Waals surface area contributed by atoms with Crippen LogP contribution in [-0.4, -0.2) is 19.1 Å². The predicted octanol–water partition coefficient (Wildman–Crippen LogP) is 4.10. The Labute approximate surface area is 137 Å². The van der Waals surface area contributed by atoms with Crippen LogP contribution in [0.15, 0.2) is 36.4 Å². The first kappa shape index (κ1) is 15.1. The van der Waals surface area contributed by atoms with Gasteiger partial charge in [0.15, 0.2) is 6.61 Å². The van der Waals surface area contributed by atoms with Gasteiger partial charge in [-0.25, -0.2) is 4.39 Å². The minimum absolute atomic E-state index is 0.0360. The van der Waals surface area contributed by atoms with Gasteiger partial charge in [0.1, 0.15) is 11.6 Å². The van der Waals surface area contributed by atoms with Gasteiger partial charge in [-0.05, 0) is 42.3 Å². The Kier molecular flexibility index (Phi) is 4.23. The van der Waals surface area contributed by atoms with Crippen LogP contribution in [0.3, 0.4) is 0 Å². The topological polar surface area (TPSA) is 29.5 Å². The van der Waals surface area contributed by atoms with E-state index in [1.165, 1.54) is 18.2 Å². The molecule has 2 aromatic rings. The molecule has 3 nitrogen and oxygen atoms in total. The standard InChI is InChI=1S/C16H12Cl2FNO2/c17-11-1-4-15-10(7-11)5-6-20(15)16(21)9-22-12-2-3-14(19)13(18)8-12/h1-4,7-8H,5-6,9H2. The number of carbonyl (C=O) groups excluding carboxylic acids is 1. The molecule has 1 aliphatic heterocycles. The molecule has 0 radical (unpaired) electrons. The Morgan fingerprint density at radius 2 is 2.05 bits per heavy atom. The molecule has 0 saturated carbocycles. The average Bonchev–Trinajstić information content (AvgIpc) is 2.91. The van der Waals surface area contributed by atoms with Gasteiger partial charge < -0.3 is 9.64 Å². The van der Waals surface area contributed by atoms with Gasteiger partial charge in [0.05, 0.1) is 5.02 Å². The van der Waals surface area contributed by atoms with Crippen LogP contribution in [-0.2, 0) is 11.2 Å². The number of nitrogens with zero attached hydrogens (tertiary/aromatic N) is 1. The Balaban J connectivity index is 1.67. The molecule has 3 rings (SSSR count). The normalized spacial score (nSPS) is 13.1. The van der Waals surface area contributed by atoms with E-state index in [9.17, 15) is 9.18 Å². The molecule has 0 unspecified atom stereocenters. The second-order valence-corrected chi connectivity index (χ2v) is 5.78. The van der Waals surface area contributed by atoms with Crippen LogP contribution in [0, 0.1) is 5.82 Å². The summed E-state index contributed by atoms with van der Waals surface area (Å²) < 4.78 is 18.5. The van der Waals surface area contributed by atoms with Gasteiger partial charge in [-0.2, -0.15) is 0 Å². The SMILES string of the molecule is O=C(COc1ccc(F)c(Cl)c1)N1CCc2cc(Cl)ccc21. The number of carbonyl (C=O) groups is 1. The summed E-state index contributed by atoms with van der Waals surface area (Å²) in [6.07, 6.45) is 0.768. The number of halogens is 3. The number of amides is 1. The van der Waals surface area contributed by atoms with Crippen molar-refractivity contribution in [3.05, 3.63) is 57.8 Å². The Bertz CT molecular complexity index is 736. The van der Waals surface area contributed by atoms with E-state index in [0.717, 1.165) is 17.7 Å². The Morgan fingerprint density at radius 1 is 1.23 bits per heavy atom. The monoisotopic (exact) mass is 339 g/mol. The van der Waals surface area contributed by atoms with Gasteiger partial charge in [0.2, 0.25) is 0 Å². The number of fused-ring (bicyclic) bond motifs is 1. The lowest BCUT2D eigenvalue weighted by molar-refractivity contribution is -0.120. The zero-order valence-corrected chi connectivity index (χ0v) is 13.0. The van der Waals surface area contributed by atoms with E-state index in [2.05, 4.69) is 0 Å². The van der Waals surface area contributed by atoms with Crippen molar-refractivity contribution < 1.29 is 13.9 Å². The molecule has 0 saturated heterocycles. The molecule has 0 bridgehead atoms. The minimum Gasteiger partial charge on any atom is -0.484 e. The van der Waals surface area contributed by atoms with Gasteiger partial charge in [-0.3, -0.25) is 4.79 Å². The van der Waals surface area contributed by atoms with Crippen molar-refractivity contribution in [1.82, 2.24) is 0 Å². The summed E-state index contributed by atoms with van der Waals surface area (Å²) in [6, 6.07) is 9.44. The maximum Gasteiger partial charge on any atom is 0.264 e. The molecule has 1 aliphatic rings. The van der Waals surface area contributed by atoms with Crippen LogP contribution in [0.2, 0.25) is 10.0 Å². The maximum absolute atomic E-state index is 13.1. The minimum atomic E-state index is -0.523. The third-order valence-corrected chi connectivity index (χ3v) is 4.02. The van der Waals surface area contributed by atoms with Crippen LogP contribution in [0.1, 0.15) is 5.56 Å². The lowest BCUT2D eigenvalue weighted by Gasteiger charge is -2.17. The second kappa shape index (κ2) is 6.15. The number of benzene rings is 2. The molecule has 2 aromatic carbocycles. The number of hydrogen-bond acceptors (Lipinski definition) is 2. The van der Waals surface area contributed by atoms with Crippen molar-refractivity contribution in [2.24, 2.45) is 0 Å². The van der Waals surface area contributed by atoms with Crippen LogP contribution < -0.4 is 9.64 Å². The molecule has 114 valence electrons. The van der Waals surface area contributed by atoms with Crippen LogP contribution in [0.4, 0.5) is 10.1 Å². The zero-order valence-electron chi connectivity index (χ0n) is 11.5. The third kappa shape index (κ3) is 3.03. The van der Waals surface area contributed by atoms with E-state index in [-0.39, 0.29) is 17.5 Å². The summed E-state index contributed by atoms with van der Waals surface area (Å²) in [6.45, 7) is 0.464. The molecular formula is C16H12Cl2FNO2.